The highest BCUT2D eigenvalue weighted by atomic mass is 35.5. The van der Waals surface area contributed by atoms with Crippen molar-refractivity contribution in [1.82, 2.24) is 4.98 Å². The number of nitrogens with zero attached hydrogens (tertiary/aromatic N) is 1. The zero-order valence-electron chi connectivity index (χ0n) is 12.5. The summed E-state index contributed by atoms with van der Waals surface area (Å²) in [6.07, 6.45) is 5.88. The second-order valence-electron chi connectivity index (χ2n) is 5.34. The minimum atomic E-state index is -0.344. The highest BCUT2D eigenvalue weighted by Gasteiger charge is 2.23. The first kappa shape index (κ1) is 16.7. The molecule has 2 nitrogen and oxygen atoms in total. The summed E-state index contributed by atoms with van der Waals surface area (Å²) < 4.78 is 0. The molecule has 4 heteroatoms. The molecule has 0 aliphatic rings. The summed E-state index contributed by atoms with van der Waals surface area (Å²) in [5.41, 5.74) is 2.53. The third-order valence-corrected chi connectivity index (χ3v) is 3.92. The molecule has 0 radical (unpaired) electrons. The van der Waals surface area contributed by atoms with Gasteiger partial charge in [-0.05, 0) is 50.1 Å². The molecule has 2 rings (SSSR count). The summed E-state index contributed by atoms with van der Waals surface area (Å²) in [6, 6.07) is 8.78. The molecule has 0 amide bonds. The van der Waals surface area contributed by atoms with Crippen molar-refractivity contribution >= 4 is 29.0 Å². The van der Waals surface area contributed by atoms with E-state index in [4.69, 9.17) is 23.2 Å². The number of allylic oxidation sites excluding steroid dienone is 2. The molecule has 0 spiro atoms. The largest absolute Gasteiger partial charge is 0.293 e. The first-order valence-corrected chi connectivity index (χ1v) is 7.77. The van der Waals surface area contributed by atoms with Crippen molar-refractivity contribution < 1.29 is 4.79 Å². The molecule has 22 heavy (non-hydrogen) atoms. The van der Waals surface area contributed by atoms with Gasteiger partial charge in [0.1, 0.15) is 0 Å². The molecule has 0 aliphatic heterocycles. The van der Waals surface area contributed by atoms with E-state index in [0.29, 0.717) is 22.0 Å². The Morgan fingerprint density at radius 3 is 2.64 bits per heavy atom. The Labute approximate surface area is 140 Å². The van der Waals surface area contributed by atoms with E-state index >= 15 is 0 Å². The minimum Gasteiger partial charge on any atom is -0.293 e. The predicted octanol–water partition coefficient (Wildman–Crippen LogP) is 5.71. The molecule has 1 atom stereocenters. The maximum Gasteiger partial charge on any atom is 0.172 e. The number of aromatic nitrogens is 1. The molecule has 1 heterocycles. The highest BCUT2D eigenvalue weighted by molar-refractivity contribution is 6.35. The lowest BCUT2D eigenvalue weighted by molar-refractivity contribution is 0.0959. The van der Waals surface area contributed by atoms with Crippen molar-refractivity contribution in [2.24, 2.45) is 0 Å². The lowest BCUT2D eigenvalue weighted by Gasteiger charge is -2.16. The number of pyridine rings is 1. The molecule has 114 valence electrons. The van der Waals surface area contributed by atoms with Crippen LogP contribution in [-0.2, 0) is 0 Å². The number of ketones is 1. The van der Waals surface area contributed by atoms with Crippen LogP contribution in [0.2, 0.25) is 10.0 Å². The van der Waals surface area contributed by atoms with Crippen LogP contribution in [0, 0.1) is 0 Å². The van der Waals surface area contributed by atoms with Crippen LogP contribution in [0.3, 0.4) is 0 Å². The Hall–Kier alpha value is -1.64. The van der Waals surface area contributed by atoms with E-state index in [-0.39, 0.29) is 11.7 Å². The number of rotatable bonds is 5. The number of carbonyl (C=O) groups is 1. The zero-order valence-corrected chi connectivity index (χ0v) is 14.0. The van der Waals surface area contributed by atoms with Gasteiger partial charge in [0.2, 0.25) is 0 Å². The Morgan fingerprint density at radius 2 is 2.05 bits per heavy atom. The smallest absolute Gasteiger partial charge is 0.172 e. The van der Waals surface area contributed by atoms with Crippen LogP contribution in [0.15, 0.2) is 54.4 Å². The third kappa shape index (κ3) is 4.19. The van der Waals surface area contributed by atoms with Crippen molar-refractivity contribution in [1.29, 1.82) is 0 Å². The van der Waals surface area contributed by atoms with Gasteiger partial charge in [-0.1, -0.05) is 40.9 Å². The zero-order chi connectivity index (χ0) is 16.1. The van der Waals surface area contributed by atoms with Gasteiger partial charge < -0.3 is 0 Å². The van der Waals surface area contributed by atoms with Gasteiger partial charge in [0.25, 0.3) is 0 Å². The minimum absolute atomic E-state index is 0.00909. The van der Waals surface area contributed by atoms with Crippen molar-refractivity contribution in [3.63, 3.8) is 0 Å². The SMILES string of the molecule is CC(C)=CCC(C(=O)c1cccnc1)c1ccc(Cl)cc1Cl. The Bertz CT molecular complexity index is 691. The number of hydrogen-bond donors (Lipinski definition) is 0. The summed E-state index contributed by atoms with van der Waals surface area (Å²) in [5.74, 6) is -0.335. The van der Waals surface area contributed by atoms with E-state index in [0.717, 1.165) is 11.1 Å². The van der Waals surface area contributed by atoms with Gasteiger partial charge in [0, 0.05) is 28.0 Å². The van der Waals surface area contributed by atoms with Gasteiger partial charge in [-0.15, -0.1) is 0 Å². The number of halogens is 2. The fraction of sp³-hybridized carbons (Fsp3) is 0.222. The molecule has 0 bridgehead atoms. The van der Waals surface area contributed by atoms with Crippen LogP contribution in [-0.4, -0.2) is 10.8 Å². The maximum absolute atomic E-state index is 12.8. The molecule has 1 aromatic heterocycles. The number of benzene rings is 1. The van der Waals surface area contributed by atoms with Crippen LogP contribution < -0.4 is 0 Å². The number of carbonyl (C=O) groups excluding carboxylic acids is 1. The first-order valence-electron chi connectivity index (χ1n) is 7.01. The van der Waals surface area contributed by atoms with E-state index < -0.39 is 0 Å². The maximum atomic E-state index is 12.8. The standard InChI is InChI=1S/C18H17Cl2NO/c1-12(2)5-7-16(15-8-6-14(19)10-17(15)20)18(22)13-4-3-9-21-11-13/h3-6,8-11,16H,7H2,1-2H3. The van der Waals surface area contributed by atoms with Gasteiger partial charge in [0.15, 0.2) is 5.78 Å². The summed E-state index contributed by atoms with van der Waals surface area (Å²) >= 11 is 12.3. The van der Waals surface area contributed by atoms with Crippen molar-refractivity contribution in [2.45, 2.75) is 26.2 Å². The van der Waals surface area contributed by atoms with E-state index in [1.807, 2.05) is 26.0 Å². The normalized spacial score (nSPS) is 11.8. The monoisotopic (exact) mass is 333 g/mol. The van der Waals surface area contributed by atoms with Crippen LogP contribution in [0.4, 0.5) is 0 Å². The van der Waals surface area contributed by atoms with Crippen LogP contribution in [0.1, 0.15) is 42.1 Å². The predicted molar refractivity (Wildman–Crippen MR) is 91.8 cm³/mol. The molecule has 0 aliphatic carbocycles. The Kier molecular flexibility index (Phi) is 5.76. The lowest BCUT2D eigenvalue weighted by Crippen LogP contribution is -2.13. The third-order valence-electron chi connectivity index (χ3n) is 3.36. The highest BCUT2D eigenvalue weighted by Crippen LogP contribution is 2.32. The molecule has 2 aromatic rings. The first-order chi connectivity index (χ1) is 10.5. The Balaban J connectivity index is 2.42. The molecule has 1 unspecified atom stereocenters. The van der Waals surface area contributed by atoms with E-state index in [9.17, 15) is 4.79 Å². The van der Waals surface area contributed by atoms with Crippen molar-refractivity contribution in [3.05, 3.63) is 75.5 Å². The average molecular weight is 334 g/mol. The molecule has 0 saturated carbocycles. The fourth-order valence-corrected chi connectivity index (χ4v) is 2.76. The second kappa shape index (κ2) is 7.57. The summed E-state index contributed by atoms with van der Waals surface area (Å²) in [5, 5.41) is 1.07. The Morgan fingerprint density at radius 1 is 1.27 bits per heavy atom. The molecule has 0 saturated heterocycles. The molecule has 0 fully saturated rings. The number of Topliss-reactive ketones (excluding diaryl/α,β-unsaturated/α-hetero) is 1. The summed E-state index contributed by atoms with van der Waals surface area (Å²) in [4.78, 5) is 16.9. The molecular weight excluding hydrogens is 317 g/mol. The van der Waals surface area contributed by atoms with Gasteiger partial charge in [0.05, 0.1) is 5.92 Å². The van der Waals surface area contributed by atoms with Crippen LogP contribution in [0.5, 0.6) is 0 Å². The van der Waals surface area contributed by atoms with E-state index in [2.05, 4.69) is 4.98 Å². The topological polar surface area (TPSA) is 30.0 Å². The number of hydrogen-bond acceptors (Lipinski definition) is 2. The molecule has 1 aromatic carbocycles. The fourth-order valence-electron chi connectivity index (χ4n) is 2.22. The van der Waals surface area contributed by atoms with E-state index in [1.165, 1.54) is 0 Å². The van der Waals surface area contributed by atoms with Gasteiger partial charge in [-0.3, -0.25) is 9.78 Å². The van der Waals surface area contributed by atoms with Crippen LogP contribution in [0.25, 0.3) is 0 Å². The molecule has 0 N–H and O–H groups in total. The quantitative estimate of drug-likeness (QED) is 0.518. The summed E-state index contributed by atoms with van der Waals surface area (Å²) in [7, 11) is 0. The van der Waals surface area contributed by atoms with Crippen molar-refractivity contribution in [3.8, 4) is 0 Å². The molecular formula is C18H17Cl2NO. The summed E-state index contributed by atoms with van der Waals surface area (Å²) in [6.45, 7) is 4.02. The van der Waals surface area contributed by atoms with Gasteiger partial charge >= 0.3 is 0 Å². The average Bonchev–Trinajstić information content (AvgIpc) is 2.49. The lowest BCUT2D eigenvalue weighted by atomic mass is 9.88. The van der Waals surface area contributed by atoms with Crippen LogP contribution >= 0.6 is 23.2 Å². The van der Waals surface area contributed by atoms with E-state index in [1.54, 1.807) is 36.7 Å². The van der Waals surface area contributed by atoms with Gasteiger partial charge in [-0.2, -0.15) is 0 Å². The van der Waals surface area contributed by atoms with Crippen molar-refractivity contribution in [2.75, 3.05) is 0 Å². The van der Waals surface area contributed by atoms with Gasteiger partial charge in [-0.25, -0.2) is 0 Å². The second-order valence-corrected chi connectivity index (χ2v) is 6.19.